The highest BCUT2D eigenvalue weighted by Crippen LogP contribution is 2.34. The van der Waals surface area contributed by atoms with E-state index in [4.69, 9.17) is 26.1 Å². The molecular weight excluding hydrogens is 304 g/mol. The van der Waals surface area contributed by atoms with Crippen LogP contribution in [0, 0.1) is 0 Å². The van der Waals surface area contributed by atoms with Crippen LogP contribution in [0.4, 0.5) is 5.69 Å². The second-order valence-electron chi connectivity index (χ2n) is 4.56. The number of nitrogens with zero attached hydrogens (tertiary/aromatic N) is 1. The number of carbonyl (C=O) groups excluding carboxylic acids is 1. The first-order valence-corrected chi connectivity index (χ1v) is 7.12. The molecule has 1 aromatic heterocycles. The molecule has 1 amide bonds. The molecule has 2 heterocycles. The second-order valence-corrected chi connectivity index (χ2v) is 4.95. The summed E-state index contributed by atoms with van der Waals surface area (Å²) in [6.45, 7) is 1.44. The fraction of sp³-hybridized carbons (Fsp3) is 0.200. The van der Waals surface area contributed by atoms with Gasteiger partial charge in [-0.15, -0.1) is 0 Å². The van der Waals surface area contributed by atoms with Gasteiger partial charge in [0.25, 0.3) is 0 Å². The van der Waals surface area contributed by atoms with E-state index in [1.165, 1.54) is 0 Å². The number of ether oxygens (including phenoxy) is 2. The van der Waals surface area contributed by atoms with Crippen molar-refractivity contribution in [2.45, 2.75) is 6.54 Å². The standard InChI is InChI=1S/C15H14N2O4S/c18-10-16-15(22)17(9-12-2-1-5-19-12)11-3-4-13-14(8-11)21-7-6-20-13/h1-5,8,10H,6-7,9H2,(H,16,18,22). The van der Waals surface area contributed by atoms with Gasteiger partial charge in [-0.3, -0.25) is 4.79 Å². The molecule has 6 nitrogen and oxygen atoms in total. The van der Waals surface area contributed by atoms with E-state index < -0.39 is 0 Å². The van der Waals surface area contributed by atoms with Crippen molar-refractivity contribution in [3.63, 3.8) is 0 Å². The van der Waals surface area contributed by atoms with Crippen molar-refractivity contribution >= 4 is 29.4 Å². The molecule has 7 heteroatoms. The quantitative estimate of drug-likeness (QED) is 0.688. The Morgan fingerprint density at radius 3 is 2.82 bits per heavy atom. The molecule has 3 rings (SSSR count). The van der Waals surface area contributed by atoms with E-state index in [1.807, 2.05) is 24.3 Å². The molecule has 1 aliphatic heterocycles. The van der Waals surface area contributed by atoms with Crippen molar-refractivity contribution in [3.8, 4) is 11.5 Å². The zero-order valence-electron chi connectivity index (χ0n) is 11.7. The Bertz CT molecular complexity index is 672. The third-order valence-corrected chi connectivity index (χ3v) is 3.50. The van der Waals surface area contributed by atoms with Crippen LogP contribution >= 0.6 is 12.2 Å². The highest BCUT2D eigenvalue weighted by molar-refractivity contribution is 7.80. The maximum absolute atomic E-state index is 10.7. The average molecular weight is 318 g/mol. The highest BCUT2D eigenvalue weighted by atomic mass is 32.1. The van der Waals surface area contributed by atoms with E-state index in [2.05, 4.69) is 5.32 Å². The van der Waals surface area contributed by atoms with Crippen molar-refractivity contribution in [2.24, 2.45) is 0 Å². The summed E-state index contributed by atoms with van der Waals surface area (Å²) in [5, 5.41) is 2.78. The van der Waals surface area contributed by atoms with Gasteiger partial charge in [0.2, 0.25) is 6.41 Å². The number of amides is 1. The monoisotopic (exact) mass is 318 g/mol. The highest BCUT2D eigenvalue weighted by Gasteiger charge is 2.18. The van der Waals surface area contributed by atoms with Gasteiger partial charge in [-0.05, 0) is 36.5 Å². The van der Waals surface area contributed by atoms with Crippen molar-refractivity contribution in [1.82, 2.24) is 5.32 Å². The largest absolute Gasteiger partial charge is 0.486 e. The lowest BCUT2D eigenvalue weighted by Crippen LogP contribution is -2.38. The maximum Gasteiger partial charge on any atom is 0.213 e. The molecule has 0 bridgehead atoms. The number of fused-ring (bicyclic) bond motifs is 1. The van der Waals surface area contributed by atoms with Crippen molar-refractivity contribution in [3.05, 3.63) is 42.4 Å². The molecule has 114 valence electrons. The smallest absolute Gasteiger partial charge is 0.213 e. The Balaban J connectivity index is 1.90. The van der Waals surface area contributed by atoms with Crippen molar-refractivity contribution < 1.29 is 18.7 Å². The van der Waals surface area contributed by atoms with Crippen molar-refractivity contribution in [1.29, 1.82) is 0 Å². The summed E-state index contributed by atoms with van der Waals surface area (Å²) >= 11 is 5.25. The van der Waals surface area contributed by atoms with Crippen LogP contribution in [-0.4, -0.2) is 24.7 Å². The van der Waals surface area contributed by atoms with Crippen LogP contribution in [0.3, 0.4) is 0 Å². The van der Waals surface area contributed by atoms with E-state index >= 15 is 0 Å². The van der Waals surface area contributed by atoms with Gasteiger partial charge in [0.05, 0.1) is 12.8 Å². The number of furan rings is 1. The summed E-state index contributed by atoms with van der Waals surface area (Å²) in [6.07, 6.45) is 2.14. The number of thiocarbonyl (C=S) groups is 1. The molecule has 2 aromatic rings. The molecule has 1 aromatic carbocycles. The number of hydrogen-bond donors (Lipinski definition) is 1. The molecule has 0 aliphatic carbocycles. The van der Waals surface area contributed by atoms with E-state index in [0.29, 0.717) is 37.7 Å². The average Bonchev–Trinajstić information content (AvgIpc) is 3.05. The molecule has 22 heavy (non-hydrogen) atoms. The summed E-state index contributed by atoms with van der Waals surface area (Å²) in [5.74, 6) is 2.08. The minimum Gasteiger partial charge on any atom is -0.486 e. The minimum absolute atomic E-state index is 0.281. The normalized spacial score (nSPS) is 12.5. The Kier molecular flexibility index (Phi) is 4.24. The van der Waals surface area contributed by atoms with Crippen LogP contribution in [0.15, 0.2) is 41.0 Å². The Hall–Kier alpha value is -2.54. The lowest BCUT2D eigenvalue weighted by Gasteiger charge is -2.26. The van der Waals surface area contributed by atoms with E-state index in [1.54, 1.807) is 17.2 Å². The molecule has 0 fully saturated rings. The third-order valence-electron chi connectivity index (χ3n) is 3.16. The molecule has 1 N–H and O–H groups in total. The lowest BCUT2D eigenvalue weighted by atomic mass is 10.2. The zero-order chi connectivity index (χ0) is 15.4. The van der Waals surface area contributed by atoms with Crippen LogP contribution in [0.1, 0.15) is 5.76 Å². The summed E-state index contributed by atoms with van der Waals surface area (Å²) < 4.78 is 16.4. The molecule has 0 radical (unpaired) electrons. The predicted molar refractivity (Wildman–Crippen MR) is 84.1 cm³/mol. The molecule has 0 atom stereocenters. The Morgan fingerprint density at radius 1 is 1.27 bits per heavy atom. The van der Waals surface area contributed by atoms with Gasteiger partial charge in [-0.1, -0.05) is 0 Å². The van der Waals surface area contributed by atoms with E-state index in [0.717, 1.165) is 11.4 Å². The molecule has 0 saturated carbocycles. The fourth-order valence-electron chi connectivity index (χ4n) is 2.17. The van der Waals surface area contributed by atoms with Crippen LogP contribution in [0.25, 0.3) is 0 Å². The first kappa shape index (κ1) is 14.4. The SMILES string of the molecule is O=CNC(=S)N(Cc1ccco1)c1ccc2c(c1)OCCO2. The summed E-state index contributed by atoms with van der Waals surface area (Å²) in [7, 11) is 0. The molecule has 0 unspecified atom stereocenters. The Morgan fingerprint density at radius 2 is 2.09 bits per heavy atom. The fourth-order valence-corrected chi connectivity index (χ4v) is 2.39. The van der Waals surface area contributed by atoms with Gasteiger partial charge in [-0.2, -0.15) is 0 Å². The predicted octanol–water partition coefficient (Wildman–Crippen LogP) is 2.09. The van der Waals surface area contributed by atoms with Gasteiger partial charge >= 0.3 is 0 Å². The lowest BCUT2D eigenvalue weighted by molar-refractivity contribution is -0.108. The molecular formula is C15H14N2O4S. The number of rotatable bonds is 4. The summed E-state index contributed by atoms with van der Waals surface area (Å²) in [6, 6.07) is 9.15. The van der Waals surface area contributed by atoms with Gasteiger partial charge in [0.1, 0.15) is 19.0 Å². The summed E-state index contributed by atoms with van der Waals surface area (Å²) in [4.78, 5) is 12.4. The number of carbonyl (C=O) groups is 1. The third kappa shape index (κ3) is 3.04. The van der Waals surface area contributed by atoms with Gasteiger partial charge in [-0.25, -0.2) is 0 Å². The van der Waals surface area contributed by atoms with Gasteiger partial charge in [0.15, 0.2) is 16.6 Å². The summed E-state index contributed by atoms with van der Waals surface area (Å²) in [5.41, 5.74) is 0.778. The number of anilines is 1. The number of benzene rings is 1. The molecule has 1 aliphatic rings. The van der Waals surface area contributed by atoms with Crippen molar-refractivity contribution in [2.75, 3.05) is 18.1 Å². The van der Waals surface area contributed by atoms with E-state index in [9.17, 15) is 4.79 Å². The zero-order valence-corrected chi connectivity index (χ0v) is 12.5. The number of nitrogens with one attached hydrogen (secondary N) is 1. The van der Waals surface area contributed by atoms with Gasteiger partial charge in [0, 0.05) is 11.8 Å². The minimum atomic E-state index is 0.281. The van der Waals surface area contributed by atoms with E-state index in [-0.39, 0.29) is 5.11 Å². The molecule has 0 saturated heterocycles. The van der Waals surface area contributed by atoms with Crippen LogP contribution in [0.2, 0.25) is 0 Å². The van der Waals surface area contributed by atoms with Crippen LogP contribution in [0.5, 0.6) is 11.5 Å². The second kappa shape index (κ2) is 6.48. The first-order chi connectivity index (χ1) is 10.8. The number of hydrogen-bond acceptors (Lipinski definition) is 5. The van der Waals surface area contributed by atoms with Crippen LogP contribution in [-0.2, 0) is 11.3 Å². The molecule has 0 spiro atoms. The van der Waals surface area contributed by atoms with Gasteiger partial charge < -0.3 is 24.1 Å². The van der Waals surface area contributed by atoms with Crippen LogP contribution < -0.4 is 19.7 Å². The first-order valence-electron chi connectivity index (χ1n) is 6.71. The maximum atomic E-state index is 10.7. The Labute approximate surface area is 132 Å². The topological polar surface area (TPSA) is 63.9 Å².